The average Bonchev–Trinajstić information content (AvgIpc) is 3.02. The Morgan fingerprint density at radius 3 is 3.05 bits per heavy atom. The van der Waals surface area contributed by atoms with Crippen LogP contribution in [-0.2, 0) is 13.0 Å². The monoisotopic (exact) mass is 307 g/mol. The van der Waals surface area contributed by atoms with Crippen LogP contribution in [0, 0.1) is 0 Å². The van der Waals surface area contributed by atoms with Crippen molar-refractivity contribution >= 4 is 28.1 Å². The van der Waals surface area contributed by atoms with Crippen LogP contribution in [0.3, 0.4) is 0 Å². The van der Waals surface area contributed by atoms with Crippen molar-refractivity contribution in [3.8, 4) is 0 Å². The molecule has 5 heteroatoms. The number of hydrogen-bond donors (Lipinski definition) is 1. The van der Waals surface area contributed by atoms with Gasteiger partial charge in [-0.25, -0.2) is 4.98 Å². The Hall–Kier alpha value is -1.10. The van der Waals surface area contributed by atoms with Gasteiger partial charge in [0.05, 0.1) is 5.69 Å². The molecule has 1 aromatic carbocycles. The van der Waals surface area contributed by atoms with Gasteiger partial charge in [0.2, 0.25) is 0 Å². The van der Waals surface area contributed by atoms with E-state index >= 15 is 0 Å². The summed E-state index contributed by atoms with van der Waals surface area (Å²) in [7, 11) is 4.04. The first-order valence-corrected chi connectivity index (χ1v) is 8.02. The van der Waals surface area contributed by atoms with Crippen molar-refractivity contribution in [3.05, 3.63) is 45.4 Å². The second-order valence-electron chi connectivity index (χ2n) is 5.33. The van der Waals surface area contributed by atoms with Crippen LogP contribution in [0.15, 0.2) is 23.6 Å². The lowest BCUT2D eigenvalue weighted by Crippen LogP contribution is -2.19. The van der Waals surface area contributed by atoms with Gasteiger partial charge in [-0.2, -0.15) is 0 Å². The van der Waals surface area contributed by atoms with E-state index in [2.05, 4.69) is 27.8 Å². The number of hydrogen-bond acceptors (Lipinski definition) is 4. The van der Waals surface area contributed by atoms with E-state index in [0.717, 1.165) is 35.2 Å². The molecule has 1 atom stereocenters. The molecule has 0 radical (unpaired) electrons. The highest BCUT2D eigenvalue weighted by molar-refractivity contribution is 7.13. The first-order valence-electron chi connectivity index (χ1n) is 6.77. The topological polar surface area (TPSA) is 28.2 Å². The van der Waals surface area contributed by atoms with Crippen molar-refractivity contribution in [2.24, 2.45) is 0 Å². The molecule has 0 spiro atoms. The maximum Gasteiger partial charge on any atom is 0.185 e. The predicted molar refractivity (Wildman–Crippen MR) is 85.8 cm³/mol. The van der Waals surface area contributed by atoms with Crippen LogP contribution in [0.5, 0.6) is 0 Å². The highest BCUT2D eigenvalue weighted by Crippen LogP contribution is 2.33. The normalized spacial score (nSPS) is 17.2. The standard InChI is InChI=1S/C15H18ClN3S/c1-19(2)15-18-12(9-20-15)8-17-14-6-3-10-7-11(16)4-5-13(10)14/h4-5,7,9,14,17H,3,6,8H2,1-2H3. The number of aryl methyl sites for hydroxylation is 1. The predicted octanol–water partition coefficient (Wildman–Crippen LogP) is 3.64. The second kappa shape index (κ2) is 5.72. The summed E-state index contributed by atoms with van der Waals surface area (Å²) in [6.07, 6.45) is 2.24. The number of nitrogens with one attached hydrogen (secondary N) is 1. The van der Waals surface area contributed by atoms with Crippen molar-refractivity contribution in [2.45, 2.75) is 25.4 Å². The van der Waals surface area contributed by atoms with Crippen molar-refractivity contribution in [1.29, 1.82) is 0 Å². The summed E-state index contributed by atoms with van der Waals surface area (Å²) in [5.41, 5.74) is 3.88. The number of nitrogens with zero attached hydrogens (tertiary/aromatic N) is 2. The van der Waals surface area contributed by atoms with E-state index in [1.165, 1.54) is 11.1 Å². The van der Waals surface area contributed by atoms with Gasteiger partial charge in [0.1, 0.15) is 0 Å². The van der Waals surface area contributed by atoms with Crippen LogP contribution in [0.4, 0.5) is 5.13 Å². The van der Waals surface area contributed by atoms with E-state index in [9.17, 15) is 0 Å². The lowest BCUT2D eigenvalue weighted by atomic mass is 10.1. The number of halogens is 1. The Labute approximate surface area is 128 Å². The van der Waals surface area contributed by atoms with Gasteiger partial charge in [0.25, 0.3) is 0 Å². The van der Waals surface area contributed by atoms with Gasteiger partial charge in [-0.1, -0.05) is 17.7 Å². The van der Waals surface area contributed by atoms with Crippen LogP contribution < -0.4 is 10.2 Å². The van der Waals surface area contributed by atoms with E-state index in [0.29, 0.717) is 6.04 Å². The van der Waals surface area contributed by atoms with Crippen molar-refractivity contribution in [2.75, 3.05) is 19.0 Å². The highest BCUT2D eigenvalue weighted by Gasteiger charge is 2.22. The van der Waals surface area contributed by atoms with Gasteiger partial charge in [-0.3, -0.25) is 0 Å². The molecule has 1 unspecified atom stereocenters. The van der Waals surface area contributed by atoms with Gasteiger partial charge < -0.3 is 10.2 Å². The number of benzene rings is 1. The summed E-state index contributed by atoms with van der Waals surface area (Å²) in [5.74, 6) is 0. The Balaban J connectivity index is 1.65. The van der Waals surface area contributed by atoms with Gasteiger partial charge in [0, 0.05) is 37.1 Å². The Morgan fingerprint density at radius 2 is 2.30 bits per heavy atom. The van der Waals surface area contributed by atoms with E-state index in [4.69, 9.17) is 11.6 Å². The zero-order valence-corrected chi connectivity index (χ0v) is 13.3. The van der Waals surface area contributed by atoms with Crippen LogP contribution >= 0.6 is 22.9 Å². The summed E-state index contributed by atoms with van der Waals surface area (Å²) in [6, 6.07) is 6.64. The smallest absolute Gasteiger partial charge is 0.185 e. The maximum absolute atomic E-state index is 6.04. The van der Waals surface area contributed by atoms with Crippen LogP contribution in [0.1, 0.15) is 29.3 Å². The fourth-order valence-corrected chi connectivity index (χ4v) is 3.56. The van der Waals surface area contributed by atoms with E-state index in [-0.39, 0.29) is 0 Å². The third-order valence-electron chi connectivity index (χ3n) is 3.63. The number of thiazole rings is 1. The molecule has 1 heterocycles. The minimum Gasteiger partial charge on any atom is -0.354 e. The quantitative estimate of drug-likeness (QED) is 0.934. The first-order chi connectivity index (χ1) is 9.63. The lowest BCUT2D eigenvalue weighted by molar-refractivity contribution is 0.526. The van der Waals surface area contributed by atoms with Crippen molar-refractivity contribution < 1.29 is 0 Å². The molecule has 2 aromatic rings. The molecule has 0 saturated carbocycles. The molecule has 0 saturated heterocycles. The minimum absolute atomic E-state index is 0.423. The van der Waals surface area contributed by atoms with Crippen molar-refractivity contribution in [1.82, 2.24) is 10.3 Å². The van der Waals surface area contributed by atoms with Gasteiger partial charge in [-0.15, -0.1) is 11.3 Å². The SMILES string of the molecule is CN(C)c1nc(CNC2CCc3cc(Cl)ccc32)cs1. The number of rotatable bonds is 4. The zero-order valence-electron chi connectivity index (χ0n) is 11.7. The molecule has 0 bridgehead atoms. The van der Waals surface area contributed by atoms with Crippen molar-refractivity contribution in [3.63, 3.8) is 0 Å². The third kappa shape index (κ3) is 2.82. The average molecular weight is 308 g/mol. The molecule has 0 fully saturated rings. The molecular formula is C15H18ClN3S. The van der Waals surface area contributed by atoms with E-state index in [1.807, 2.05) is 25.1 Å². The molecule has 20 heavy (non-hydrogen) atoms. The molecule has 3 nitrogen and oxygen atoms in total. The second-order valence-corrected chi connectivity index (χ2v) is 6.60. The van der Waals surface area contributed by atoms with Gasteiger partial charge in [-0.05, 0) is 36.1 Å². The Morgan fingerprint density at radius 1 is 1.45 bits per heavy atom. The fraction of sp³-hybridized carbons (Fsp3) is 0.400. The first kappa shape index (κ1) is 13.9. The summed E-state index contributed by atoms with van der Waals surface area (Å²) in [4.78, 5) is 6.64. The Kier molecular flexibility index (Phi) is 3.96. The number of anilines is 1. The molecule has 1 aliphatic rings. The third-order valence-corrected chi connectivity index (χ3v) is 4.93. The summed E-state index contributed by atoms with van der Waals surface area (Å²) in [6.45, 7) is 0.817. The number of aromatic nitrogens is 1. The fourth-order valence-electron chi connectivity index (χ4n) is 2.61. The largest absolute Gasteiger partial charge is 0.354 e. The molecule has 1 N–H and O–H groups in total. The molecule has 106 valence electrons. The number of fused-ring (bicyclic) bond motifs is 1. The summed E-state index contributed by atoms with van der Waals surface area (Å²) in [5, 5.41) is 7.62. The zero-order chi connectivity index (χ0) is 14.1. The Bertz CT molecular complexity index is 609. The minimum atomic E-state index is 0.423. The van der Waals surface area contributed by atoms with E-state index < -0.39 is 0 Å². The molecule has 1 aliphatic carbocycles. The highest BCUT2D eigenvalue weighted by atomic mass is 35.5. The van der Waals surface area contributed by atoms with Gasteiger partial charge >= 0.3 is 0 Å². The molecule has 1 aromatic heterocycles. The van der Waals surface area contributed by atoms with Crippen LogP contribution in [0.2, 0.25) is 5.02 Å². The van der Waals surface area contributed by atoms with Crippen LogP contribution in [-0.4, -0.2) is 19.1 Å². The maximum atomic E-state index is 6.04. The van der Waals surface area contributed by atoms with Crippen LogP contribution in [0.25, 0.3) is 0 Å². The summed E-state index contributed by atoms with van der Waals surface area (Å²) >= 11 is 7.73. The molecule has 3 rings (SSSR count). The molecule has 0 amide bonds. The molecule has 0 aliphatic heterocycles. The van der Waals surface area contributed by atoms with E-state index in [1.54, 1.807) is 11.3 Å². The molecular weight excluding hydrogens is 290 g/mol. The lowest BCUT2D eigenvalue weighted by Gasteiger charge is -2.13. The summed E-state index contributed by atoms with van der Waals surface area (Å²) < 4.78 is 0. The van der Waals surface area contributed by atoms with Gasteiger partial charge in [0.15, 0.2) is 5.13 Å².